The number of aliphatic carboxylic acids is 1. The lowest BCUT2D eigenvalue weighted by Crippen LogP contribution is -2.04. The van der Waals surface area contributed by atoms with Crippen molar-refractivity contribution in [2.75, 3.05) is 11.5 Å². The van der Waals surface area contributed by atoms with E-state index in [1.165, 1.54) is 5.56 Å². The lowest BCUT2D eigenvalue weighted by Gasteiger charge is -2.05. The maximum absolute atomic E-state index is 12.0. The number of rotatable bonds is 9. The van der Waals surface area contributed by atoms with E-state index in [4.69, 9.17) is 5.11 Å². The molecular weight excluding hydrogens is 272 g/mol. The summed E-state index contributed by atoms with van der Waals surface area (Å²) in [5.41, 5.74) is 3.13. The summed E-state index contributed by atoms with van der Waals surface area (Å²) in [5, 5.41) is 8.51. The van der Waals surface area contributed by atoms with Crippen molar-refractivity contribution in [1.82, 2.24) is 0 Å². The molecule has 0 aromatic heterocycles. The SMILES string of the molecule is Cc1ccc(C(=O)CSCCCCCC(=O)O)cc1C. The van der Waals surface area contributed by atoms with Crippen LogP contribution >= 0.6 is 11.8 Å². The van der Waals surface area contributed by atoms with Crippen molar-refractivity contribution in [3.8, 4) is 0 Å². The molecule has 1 N–H and O–H groups in total. The van der Waals surface area contributed by atoms with Gasteiger partial charge in [0.15, 0.2) is 5.78 Å². The minimum absolute atomic E-state index is 0.170. The fourth-order valence-corrected chi connectivity index (χ4v) is 2.72. The number of carboxylic acid groups (broad SMARTS) is 1. The first kappa shape index (κ1) is 16.8. The number of carbonyl (C=O) groups is 2. The van der Waals surface area contributed by atoms with E-state index in [1.54, 1.807) is 11.8 Å². The molecular formula is C16H22O3S. The van der Waals surface area contributed by atoms with E-state index in [1.807, 2.05) is 32.0 Å². The second kappa shape index (κ2) is 8.80. The number of unbranched alkanes of at least 4 members (excludes halogenated alkanes) is 2. The first-order chi connectivity index (χ1) is 9.50. The molecule has 0 spiro atoms. The third-order valence-electron chi connectivity index (χ3n) is 3.24. The van der Waals surface area contributed by atoms with Crippen LogP contribution in [0.2, 0.25) is 0 Å². The van der Waals surface area contributed by atoms with Crippen LogP contribution in [0.15, 0.2) is 18.2 Å². The molecule has 0 unspecified atom stereocenters. The van der Waals surface area contributed by atoms with Crippen LogP contribution in [-0.4, -0.2) is 28.4 Å². The molecule has 1 aromatic carbocycles. The van der Waals surface area contributed by atoms with E-state index in [0.29, 0.717) is 5.75 Å². The van der Waals surface area contributed by atoms with Gasteiger partial charge >= 0.3 is 5.97 Å². The number of thioether (sulfide) groups is 1. The van der Waals surface area contributed by atoms with Crippen molar-refractivity contribution < 1.29 is 14.7 Å². The van der Waals surface area contributed by atoms with Crippen LogP contribution in [0, 0.1) is 13.8 Å². The number of benzene rings is 1. The van der Waals surface area contributed by atoms with Crippen molar-refractivity contribution in [1.29, 1.82) is 0 Å². The molecule has 1 aromatic rings. The normalized spacial score (nSPS) is 10.5. The van der Waals surface area contributed by atoms with Gasteiger partial charge < -0.3 is 5.11 Å². The Labute approximate surface area is 124 Å². The predicted octanol–water partition coefficient (Wildman–Crippen LogP) is 3.86. The average Bonchev–Trinajstić information content (AvgIpc) is 2.40. The number of Topliss-reactive ketones (excluding diaryl/α,β-unsaturated/α-hetero) is 1. The van der Waals surface area contributed by atoms with Crippen molar-refractivity contribution in [2.45, 2.75) is 39.5 Å². The molecule has 0 aliphatic rings. The summed E-state index contributed by atoms with van der Waals surface area (Å²) in [6, 6.07) is 5.82. The summed E-state index contributed by atoms with van der Waals surface area (Å²) < 4.78 is 0. The Bertz CT molecular complexity index is 469. The maximum atomic E-state index is 12.0. The van der Waals surface area contributed by atoms with E-state index in [0.717, 1.165) is 36.1 Å². The van der Waals surface area contributed by atoms with E-state index in [-0.39, 0.29) is 12.2 Å². The smallest absolute Gasteiger partial charge is 0.303 e. The molecule has 0 atom stereocenters. The highest BCUT2D eigenvalue weighted by molar-refractivity contribution is 7.99. The quantitative estimate of drug-likeness (QED) is 0.555. The molecule has 1 rings (SSSR count). The van der Waals surface area contributed by atoms with E-state index < -0.39 is 5.97 Å². The Hall–Kier alpha value is -1.29. The van der Waals surface area contributed by atoms with Gasteiger partial charge in [-0.3, -0.25) is 9.59 Å². The zero-order chi connectivity index (χ0) is 15.0. The summed E-state index contributed by atoms with van der Waals surface area (Å²) in [6.45, 7) is 4.05. The van der Waals surface area contributed by atoms with Crippen molar-refractivity contribution in [3.63, 3.8) is 0 Å². The topological polar surface area (TPSA) is 54.4 Å². The zero-order valence-corrected chi connectivity index (χ0v) is 13.0. The number of carboxylic acids is 1. The molecule has 0 saturated heterocycles. The van der Waals surface area contributed by atoms with Gasteiger partial charge in [-0.2, -0.15) is 11.8 Å². The highest BCUT2D eigenvalue weighted by Crippen LogP contribution is 2.14. The second-order valence-electron chi connectivity index (χ2n) is 4.98. The Morgan fingerprint density at radius 3 is 2.50 bits per heavy atom. The molecule has 110 valence electrons. The van der Waals surface area contributed by atoms with Crippen LogP contribution < -0.4 is 0 Å². The molecule has 0 heterocycles. The van der Waals surface area contributed by atoms with Gasteiger partial charge in [-0.1, -0.05) is 18.6 Å². The molecule has 0 bridgehead atoms. The highest BCUT2D eigenvalue weighted by atomic mass is 32.2. The van der Waals surface area contributed by atoms with Crippen molar-refractivity contribution >= 4 is 23.5 Å². The van der Waals surface area contributed by atoms with E-state index in [9.17, 15) is 9.59 Å². The average molecular weight is 294 g/mol. The third kappa shape index (κ3) is 6.24. The van der Waals surface area contributed by atoms with Gasteiger partial charge in [0, 0.05) is 12.0 Å². The van der Waals surface area contributed by atoms with Gasteiger partial charge in [-0.25, -0.2) is 0 Å². The Morgan fingerprint density at radius 1 is 1.10 bits per heavy atom. The van der Waals surface area contributed by atoms with Crippen LogP contribution in [0.1, 0.15) is 47.2 Å². The number of hydrogen-bond acceptors (Lipinski definition) is 3. The molecule has 4 heteroatoms. The predicted molar refractivity (Wildman–Crippen MR) is 83.7 cm³/mol. The van der Waals surface area contributed by atoms with Crippen LogP contribution in [0.3, 0.4) is 0 Å². The standard InChI is InChI=1S/C16H22O3S/c1-12-7-8-14(10-13(12)2)15(17)11-20-9-5-3-4-6-16(18)19/h7-8,10H,3-6,9,11H2,1-2H3,(H,18,19). The third-order valence-corrected chi connectivity index (χ3v) is 4.29. The molecule has 0 saturated carbocycles. The van der Waals surface area contributed by atoms with Gasteiger partial charge in [-0.05, 0) is 49.6 Å². The fraction of sp³-hybridized carbons (Fsp3) is 0.500. The summed E-state index contributed by atoms with van der Waals surface area (Å²) >= 11 is 1.63. The van der Waals surface area contributed by atoms with Crippen molar-refractivity contribution in [2.24, 2.45) is 0 Å². The Balaban J connectivity index is 2.20. The van der Waals surface area contributed by atoms with Crippen molar-refractivity contribution in [3.05, 3.63) is 34.9 Å². The van der Waals surface area contributed by atoms with E-state index in [2.05, 4.69) is 0 Å². The van der Waals surface area contributed by atoms with Crippen LogP contribution in [-0.2, 0) is 4.79 Å². The summed E-state index contributed by atoms with van der Waals surface area (Å²) in [5.74, 6) is 0.851. The monoisotopic (exact) mass is 294 g/mol. The minimum atomic E-state index is -0.734. The molecule has 0 radical (unpaired) electrons. The maximum Gasteiger partial charge on any atom is 0.303 e. The highest BCUT2D eigenvalue weighted by Gasteiger charge is 2.06. The molecule has 0 fully saturated rings. The van der Waals surface area contributed by atoms with Crippen LogP contribution in [0.5, 0.6) is 0 Å². The van der Waals surface area contributed by atoms with E-state index >= 15 is 0 Å². The van der Waals surface area contributed by atoms with Gasteiger partial charge in [0.05, 0.1) is 5.75 Å². The number of ketones is 1. The largest absolute Gasteiger partial charge is 0.481 e. The zero-order valence-electron chi connectivity index (χ0n) is 12.1. The lowest BCUT2D eigenvalue weighted by atomic mass is 10.0. The van der Waals surface area contributed by atoms with Crippen LogP contribution in [0.25, 0.3) is 0 Å². The molecule has 0 aliphatic carbocycles. The number of hydrogen-bond donors (Lipinski definition) is 1. The first-order valence-corrected chi connectivity index (χ1v) is 8.06. The Kier molecular flexibility index (Phi) is 7.37. The number of carbonyl (C=O) groups excluding carboxylic acids is 1. The fourth-order valence-electron chi connectivity index (χ4n) is 1.82. The van der Waals surface area contributed by atoms with Gasteiger partial charge in [-0.15, -0.1) is 0 Å². The molecule has 20 heavy (non-hydrogen) atoms. The van der Waals surface area contributed by atoms with Gasteiger partial charge in [0.1, 0.15) is 0 Å². The first-order valence-electron chi connectivity index (χ1n) is 6.90. The second-order valence-corrected chi connectivity index (χ2v) is 6.08. The lowest BCUT2D eigenvalue weighted by molar-refractivity contribution is -0.137. The Morgan fingerprint density at radius 2 is 1.85 bits per heavy atom. The molecule has 3 nitrogen and oxygen atoms in total. The number of aryl methyl sites for hydroxylation is 2. The molecule has 0 amide bonds. The van der Waals surface area contributed by atoms with Gasteiger partial charge in [0.25, 0.3) is 0 Å². The summed E-state index contributed by atoms with van der Waals surface area (Å²) in [6.07, 6.45) is 2.85. The minimum Gasteiger partial charge on any atom is -0.481 e. The summed E-state index contributed by atoms with van der Waals surface area (Å²) in [4.78, 5) is 22.3. The van der Waals surface area contributed by atoms with Crippen LogP contribution in [0.4, 0.5) is 0 Å². The van der Waals surface area contributed by atoms with Gasteiger partial charge in [0.2, 0.25) is 0 Å². The molecule has 0 aliphatic heterocycles. The summed E-state index contributed by atoms with van der Waals surface area (Å²) in [7, 11) is 0.